The first-order valence-corrected chi connectivity index (χ1v) is 6.30. The van der Waals surface area contributed by atoms with Crippen LogP contribution in [0.2, 0.25) is 10.0 Å². The Hall–Kier alpha value is -1.70. The Bertz CT molecular complexity index is 699. The van der Waals surface area contributed by atoms with Gasteiger partial charge in [-0.3, -0.25) is 4.79 Å². The molecule has 0 aliphatic rings. The quantitative estimate of drug-likeness (QED) is 0.849. The van der Waals surface area contributed by atoms with E-state index in [9.17, 15) is 9.59 Å². The van der Waals surface area contributed by atoms with E-state index in [1.54, 1.807) is 0 Å². The lowest BCUT2D eigenvalue weighted by atomic mass is 10.2. The molecule has 19 heavy (non-hydrogen) atoms. The lowest BCUT2D eigenvalue weighted by Crippen LogP contribution is -2.09. The summed E-state index contributed by atoms with van der Waals surface area (Å²) >= 11 is 12.8. The third kappa shape index (κ3) is 3.01. The molecule has 6 nitrogen and oxygen atoms in total. The van der Waals surface area contributed by atoms with Crippen LogP contribution in [0.3, 0.4) is 0 Å². The maximum atomic E-state index is 11.5. The van der Waals surface area contributed by atoms with Crippen molar-refractivity contribution in [3.8, 4) is 0 Å². The van der Waals surface area contributed by atoms with Crippen molar-refractivity contribution in [1.29, 1.82) is 0 Å². The van der Waals surface area contributed by atoms with Crippen LogP contribution in [0.15, 0.2) is 18.2 Å². The number of carboxylic acids is 1. The van der Waals surface area contributed by atoms with Crippen LogP contribution in [0.4, 0.5) is 5.69 Å². The van der Waals surface area contributed by atoms with Gasteiger partial charge >= 0.3 is 5.97 Å². The minimum absolute atomic E-state index is 0.197. The van der Waals surface area contributed by atoms with Crippen molar-refractivity contribution in [3.63, 3.8) is 0 Å². The standard InChI is InChI=1S/C10H5Cl2N3O3S/c11-4-3-5(12)9-10(15-19-14-9)8(4)13-6(16)1-2-7(17)18/h1-3H,(H,13,16)(H,17,18)/b2-1+. The topological polar surface area (TPSA) is 92.2 Å². The number of benzene rings is 1. The zero-order valence-corrected chi connectivity index (χ0v) is 11.4. The number of carboxylic acid groups (broad SMARTS) is 1. The molecule has 1 heterocycles. The number of amides is 1. The number of aliphatic carboxylic acids is 1. The zero-order valence-electron chi connectivity index (χ0n) is 9.05. The summed E-state index contributed by atoms with van der Waals surface area (Å²) in [4.78, 5) is 21.8. The molecule has 0 radical (unpaired) electrons. The first-order valence-electron chi connectivity index (χ1n) is 4.81. The number of nitrogens with zero attached hydrogens (tertiary/aromatic N) is 2. The summed E-state index contributed by atoms with van der Waals surface area (Å²) in [5, 5.41) is 11.4. The monoisotopic (exact) mass is 317 g/mol. The van der Waals surface area contributed by atoms with Crippen molar-refractivity contribution in [2.24, 2.45) is 0 Å². The van der Waals surface area contributed by atoms with Gasteiger partial charge in [-0.15, -0.1) is 0 Å². The lowest BCUT2D eigenvalue weighted by molar-refractivity contribution is -0.131. The summed E-state index contributed by atoms with van der Waals surface area (Å²) in [6, 6.07) is 1.43. The van der Waals surface area contributed by atoms with Crippen LogP contribution in [-0.2, 0) is 9.59 Å². The molecule has 1 aromatic carbocycles. The summed E-state index contributed by atoms with van der Waals surface area (Å²) in [6.07, 6.45) is 1.59. The minimum Gasteiger partial charge on any atom is -0.478 e. The van der Waals surface area contributed by atoms with Gasteiger partial charge in [-0.25, -0.2) is 4.79 Å². The van der Waals surface area contributed by atoms with E-state index >= 15 is 0 Å². The molecule has 0 atom stereocenters. The van der Waals surface area contributed by atoms with Crippen LogP contribution in [0, 0.1) is 0 Å². The van der Waals surface area contributed by atoms with E-state index in [4.69, 9.17) is 28.3 Å². The van der Waals surface area contributed by atoms with Gasteiger partial charge in [-0.1, -0.05) is 23.2 Å². The molecule has 98 valence electrons. The predicted octanol–water partition coefficient (Wildman–Crippen LogP) is 2.58. The van der Waals surface area contributed by atoms with Crippen LogP contribution in [-0.4, -0.2) is 25.7 Å². The fourth-order valence-electron chi connectivity index (χ4n) is 1.30. The van der Waals surface area contributed by atoms with Gasteiger partial charge in [0.15, 0.2) is 0 Å². The molecule has 2 N–H and O–H groups in total. The first-order chi connectivity index (χ1) is 8.99. The van der Waals surface area contributed by atoms with Crippen molar-refractivity contribution >= 4 is 63.5 Å². The number of carbonyl (C=O) groups is 2. The van der Waals surface area contributed by atoms with Crippen LogP contribution in [0.1, 0.15) is 0 Å². The molecule has 0 aliphatic heterocycles. The number of nitrogens with one attached hydrogen (secondary N) is 1. The zero-order chi connectivity index (χ0) is 14.0. The van der Waals surface area contributed by atoms with Crippen molar-refractivity contribution < 1.29 is 14.7 Å². The van der Waals surface area contributed by atoms with E-state index < -0.39 is 11.9 Å². The van der Waals surface area contributed by atoms with E-state index in [0.29, 0.717) is 16.1 Å². The van der Waals surface area contributed by atoms with Crippen molar-refractivity contribution in [1.82, 2.24) is 8.75 Å². The summed E-state index contributed by atoms with van der Waals surface area (Å²) in [5.74, 6) is -1.86. The van der Waals surface area contributed by atoms with E-state index in [1.807, 2.05) is 0 Å². The third-order valence-electron chi connectivity index (χ3n) is 2.07. The summed E-state index contributed by atoms with van der Waals surface area (Å²) in [7, 11) is 0. The third-order valence-corrected chi connectivity index (χ3v) is 3.18. The Balaban J connectivity index is 2.38. The second-order valence-corrected chi connectivity index (χ2v) is 4.68. The molecular weight excluding hydrogens is 313 g/mol. The lowest BCUT2D eigenvalue weighted by Gasteiger charge is -2.06. The van der Waals surface area contributed by atoms with E-state index in [2.05, 4.69) is 14.1 Å². The Morgan fingerprint density at radius 3 is 2.58 bits per heavy atom. The molecule has 0 spiro atoms. The number of hydrogen-bond donors (Lipinski definition) is 2. The molecular formula is C10H5Cl2N3O3S. The number of carbonyl (C=O) groups excluding carboxylic acids is 1. The highest BCUT2D eigenvalue weighted by Gasteiger charge is 2.15. The van der Waals surface area contributed by atoms with Gasteiger partial charge in [0.25, 0.3) is 0 Å². The molecule has 2 aromatic rings. The number of aromatic nitrogens is 2. The Morgan fingerprint density at radius 1 is 1.21 bits per heavy atom. The van der Waals surface area contributed by atoms with Gasteiger partial charge in [-0.05, 0) is 6.07 Å². The van der Waals surface area contributed by atoms with Crippen LogP contribution < -0.4 is 5.32 Å². The molecule has 1 amide bonds. The number of fused-ring (bicyclic) bond motifs is 1. The second-order valence-electron chi connectivity index (χ2n) is 3.34. The Morgan fingerprint density at radius 2 is 1.89 bits per heavy atom. The largest absolute Gasteiger partial charge is 0.478 e. The molecule has 0 bridgehead atoms. The summed E-state index contributed by atoms with van der Waals surface area (Å²) in [5.41, 5.74) is 1.03. The fraction of sp³-hybridized carbons (Fsp3) is 0. The van der Waals surface area contributed by atoms with Crippen molar-refractivity contribution in [2.45, 2.75) is 0 Å². The molecule has 2 rings (SSSR count). The summed E-state index contributed by atoms with van der Waals surface area (Å²) in [6.45, 7) is 0. The highest BCUT2D eigenvalue weighted by molar-refractivity contribution is 7.00. The van der Waals surface area contributed by atoms with Crippen LogP contribution in [0.25, 0.3) is 11.0 Å². The van der Waals surface area contributed by atoms with Crippen molar-refractivity contribution in [2.75, 3.05) is 5.32 Å². The molecule has 0 fully saturated rings. The van der Waals surface area contributed by atoms with Crippen LogP contribution >= 0.6 is 34.9 Å². The number of halogens is 2. The highest BCUT2D eigenvalue weighted by Crippen LogP contribution is 2.35. The number of hydrogen-bond acceptors (Lipinski definition) is 5. The normalized spacial score (nSPS) is 11.1. The van der Waals surface area contributed by atoms with Gasteiger partial charge in [0.05, 0.1) is 27.5 Å². The van der Waals surface area contributed by atoms with Gasteiger partial charge in [0.1, 0.15) is 11.0 Å². The van der Waals surface area contributed by atoms with E-state index in [-0.39, 0.29) is 10.7 Å². The Kier molecular flexibility index (Phi) is 3.98. The first kappa shape index (κ1) is 13.7. The van der Waals surface area contributed by atoms with E-state index in [1.165, 1.54) is 6.07 Å². The van der Waals surface area contributed by atoms with Crippen LogP contribution in [0.5, 0.6) is 0 Å². The molecule has 0 saturated heterocycles. The van der Waals surface area contributed by atoms with Gasteiger partial charge in [0, 0.05) is 12.2 Å². The molecule has 0 unspecified atom stereocenters. The smallest absolute Gasteiger partial charge is 0.328 e. The maximum absolute atomic E-state index is 11.5. The van der Waals surface area contributed by atoms with Gasteiger partial charge in [0.2, 0.25) is 5.91 Å². The average Bonchev–Trinajstić information content (AvgIpc) is 2.81. The molecule has 1 aromatic heterocycles. The van der Waals surface area contributed by atoms with Gasteiger partial charge in [-0.2, -0.15) is 8.75 Å². The number of anilines is 1. The Labute approximate surface area is 121 Å². The molecule has 9 heteroatoms. The average molecular weight is 318 g/mol. The maximum Gasteiger partial charge on any atom is 0.328 e. The fourth-order valence-corrected chi connectivity index (χ4v) is 2.46. The van der Waals surface area contributed by atoms with Gasteiger partial charge < -0.3 is 10.4 Å². The SMILES string of the molecule is O=C(O)/C=C/C(=O)Nc1c(Cl)cc(Cl)c2nsnc12. The molecule has 0 saturated carbocycles. The summed E-state index contributed by atoms with van der Waals surface area (Å²) < 4.78 is 7.97. The predicted molar refractivity (Wildman–Crippen MR) is 72.8 cm³/mol. The second kappa shape index (κ2) is 5.52. The molecule has 0 aliphatic carbocycles. The number of rotatable bonds is 3. The minimum atomic E-state index is -1.22. The van der Waals surface area contributed by atoms with E-state index in [0.717, 1.165) is 23.9 Å². The highest BCUT2D eigenvalue weighted by atomic mass is 35.5. The van der Waals surface area contributed by atoms with Crippen molar-refractivity contribution in [3.05, 3.63) is 28.3 Å².